The Morgan fingerprint density at radius 1 is 1.30 bits per heavy atom. The fraction of sp³-hybridized carbons (Fsp3) is 0.571. The molecule has 0 bridgehead atoms. The van der Waals surface area contributed by atoms with E-state index >= 15 is 0 Å². The van der Waals surface area contributed by atoms with Gasteiger partial charge in [-0.15, -0.1) is 12.4 Å². The first-order chi connectivity index (χ1) is 10.5. The SMILES string of the molecule is CNCC1CCCN1S(=O)(=O)c1cc(OC)c(Br)cc1OC.Cl. The third-order valence-electron chi connectivity index (χ3n) is 3.79. The lowest BCUT2D eigenvalue weighted by Crippen LogP contribution is -2.40. The Bertz CT molecular complexity index is 642. The smallest absolute Gasteiger partial charge is 0.247 e. The molecule has 0 aliphatic carbocycles. The maximum atomic E-state index is 13.0. The molecule has 6 nitrogen and oxygen atoms in total. The average Bonchev–Trinajstić information content (AvgIpc) is 2.96. The van der Waals surface area contributed by atoms with E-state index in [1.807, 2.05) is 7.05 Å². The lowest BCUT2D eigenvalue weighted by atomic mass is 10.2. The zero-order valence-electron chi connectivity index (χ0n) is 13.3. The molecule has 132 valence electrons. The molecule has 0 aromatic heterocycles. The molecule has 0 spiro atoms. The van der Waals surface area contributed by atoms with E-state index in [0.29, 0.717) is 29.1 Å². The van der Waals surface area contributed by atoms with E-state index in [1.165, 1.54) is 20.3 Å². The van der Waals surface area contributed by atoms with Crippen LogP contribution in [0.25, 0.3) is 0 Å². The van der Waals surface area contributed by atoms with Crippen LogP contribution in [0.1, 0.15) is 12.8 Å². The van der Waals surface area contributed by atoms with Gasteiger partial charge in [-0.3, -0.25) is 0 Å². The molecule has 0 saturated carbocycles. The minimum Gasteiger partial charge on any atom is -0.496 e. The molecule has 2 rings (SSSR count). The fourth-order valence-electron chi connectivity index (χ4n) is 2.73. The van der Waals surface area contributed by atoms with Crippen LogP contribution in [0.5, 0.6) is 11.5 Å². The van der Waals surface area contributed by atoms with Crippen molar-refractivity contribution in [1.82, 2.24) is 9.62 Å². The van der Waals surface area contributed by atoms with E-state index in [1.54, 1.807) is 10.4 Å². The van der Waals surface area contributed by atoms with Crippen molar-refractivity contribution in [3.05, 3.63) is 16.6 Å². The molecule has 1 atom stereocenters. The first kappa shape index (κ1) is 20.5. The molecule has 1 aromatic carbocycles. The largest absolute Gasteiger partial charge is 0.496 e. The van der Waals surface area contributed by atoms with Crippen molar-refractivity contribution in [2.45, 2.75) is 23.8 Å². The fourth-order valence-corrected chi connectivity index (χ4v) is 5.06. The van der Waals surface area contributed by atoms with Crippen molar-refractivity contribution >= 4 is 38.4 Å². The van der Waals surface area contributed by atoms with Crippen LogP contribution >= 0.6 is 28.3 Å². The highest BCUT2D eigenvalue weighted by molar-refractivity contribution is 9.10. The monoisotopic (exact) mass is 428 g/mol. The number of nitrogens with zero attached hydrogens (tertiary/aromatic N) is 1. The van der Waals surface area contributed by atoms with Crippen molar-refractivity contribution in [2.75, 3.05) is 34.4 Å². The predicted molar refractivity (Wildman–Crippen MR) is 95.3 cm³/mol. The summed E-state index contributed by atoms with van der Waals surface area (Å²) in [5.74, 6) is 0.770. The van der Waals surface area contributed by atoms with Crippen molar-refractivity contribution in [1.29, 1.82) is 0 Å². The zero-order chi connectivity index (χ0) is 16.3. The van der Waals surface area contributed by atoms with E-state index in [-0.39, 0.29) is 23.3 Å². The molecule has 1 fully saturated rings. The summed E-state index contributed by atoms with van der Waals surface area (Å²) < 4.78 is 38.7. The minimum absolute atomic E-state index is 0. The minimum atomic E-state index is -3.63. The summed E-state index contributed by atoms with van der Waals surface area (Å²) in [6, 6.07) is 3.09. The van der Waals surface area contributed by atoms with Gasteiger partial charge in [-0.1, -0.05) is 0 Å². The number of nitrogens with one attached hydrogen (secondary N) is 1. The number of sulfonamides is 1. The van der Waals surface area contributed by atoms with Gasteiger partial charge in [0.15, 0.2) is 0 Å². The van der Waals surface area contributed by atoms with Gasteiger partial charge < -0.3 is 14.8 Å². The van der Waals surface area contributed by atoms with Gasteiger partial charge in [0, 0.05) is 25.2 Å². The van der Waals surface area contributed by atoms with Crippen LogP contribution in [0.4, 0.5) is 0 Å². The summed E-state index contributed by atoms with van der Waals surface area (Å²) in [4.78, 5) is 0.137. The van der Waals surface area contributed by atoms with Crippen LogP contribution in [-0.2, 0) is 10.0 Å². The highest BCUT2D eigenvalue weighted by atomic mass is 79.9. The summed E-state index contributed by atoms with van der Waals surface area (Å²) in [5, 5.41) is 3.05. The normalized spacial score (nSPS) is 18.5. The van der Waals surface area contributed by atoms with Gasteiger partial charge in [-0.25, -0.2) is 8.42 Å². The van der Waals surface area contributed by atoms with E-state index in [2.05, 4.69) is 21.2 Å². The number of benzene rings is 1. The molecular weight excluding hydrogens is 408 g/mol. The van der Waals surface area contributed by atoms with Gasteiger partial charge in [0.1, 0.15) is 16.4 Å². The Morgan fingerprint density at radius 3 is 2.52 bits per heavy atom. The van der Waals surface area contributed by atoms with E-state index in [4.69, 9.17) is 9.47 Å². The van der Waals surface area contributed by atoms with Crippen LogP contribution in [0.2, 0.25) is 0 Å². The van der Waals surface area contributed by atoms with Gasteiger partial charge >= 0.3 is 0 Å². The molecule has 1 N–H and O–H groups in total. The van der Waals surface area contributed by atoms with Gasteiger partial charge in [-0.05, 0) is 41.9 Å². The first-order valence-corrected chi connectivity index (χ1v) is 9.27. The molecule has 9 heteroatoms. The average molecular weight is 430 g/mol. The molecular formula is C14H22BrClN2O4S. The maximum absolute atomic E-state index is 13.0. The lowest BCUT2D eigenvalue weighted by Gasteiger charge is -2.25. The third-order valence-corrected chi connectivity index (χ3v) is 6.38. The number of hydrogen-bond acceptors (Lipinski definition) is 5. The Balaban J connectivity index is 0.00000264. The molecule has 1 saturated heterocycles. The van der Waals surface area contributed by atoms with Crippen LogP contribution < -0.4 is 14.8 Å². The summed E-state index contributed by atoms with van der Waals surface area (Å²) in [6.45, 7) is 1.16. The second kappa shape index (κ2) is 8.53. The number of rotatable bonds is 6. The topological polar surface area (TPSA) is 67.9 Å². The number of ether oxygens (including phenoxy) is 2. The quantitative estimate of drug-likeness (QED) is 0.751. The van der Waals surface area contributed by atoms with E-state index in [0.717, 1.165) is 12.8 Å². The second-order valence-corrected chi connectivity index (χ2v) is 7.82. The first-order valence-electron chi connectivity index (χ1n) is 7.03. The summed E-state index contributed by atoms with van der Waals surface area (Å²) in [6.07, 6.45) is 1.72. The molecule has 0 amide bonds. The number of halogens is 2. The van der Waals surface area contributed by atoms with E-state index < -0.39 is 10.0 Å². The number of hydrogen-bond donors (Lipinski definition) is 1. The summed E-state index contributed by atoms with van der Waals surface area (Å²) in [5.41, 5.74) is 0. The highest BCUT2D eigenvalue weighted by Gasteiger charge is 2.37. The Kier molecular flexibility index (Phi) is 7.60. The van der Waals surface area contributed by atoms with Crippen LogP contribution in [0.15, 0.2) is 21.5 Å². The number of likely N-dealkylation sites (N-methyl/N-ethyl adjacent to an activating group) is 1. The summed E-state index contributed by atoms with van der Waals surface area (Å²) in [7, 11) is 1.15. The van der Waals surface area contributed by atoms with Crippen LogP contribution in [0, 0.1) is 0 Å². The lowest BCUT2D eigenvalue weighted by molar-refractivity contribution is 0.366. The molecule has 0 radical (unpaired) electrons. The van der Waals surface area contributed by atoms with Gasteiger partial charge in [-0.2, -0.15) is 4.31 Å². The Morgan fingerprint density at radius 2 is 1.96 bits per heavy atom. The van der Waals surface area contributed by atoms with Crippen LogP contribution in [0.3, 0.4) is 0 Å². The Labute approximate surface area is 152 Å². The van der Waals surface area contributed by atoms with Crippen molar-refractivity contribution in [2.24, 2.45) is 0 Å². The van der Waals surface area contributed by atoms with Crippen molar-refractivity contribution in [3.63, 3.8) is 0 Å². The van der Waals surface area contributed by atoms with E-state index in [9.17, 15) is 8.42 Å². The maximum Gasteiger partial charge on any atom is 0.247 e. The molecule has 1 aromatic rings. The third kappa shape index (κ3) is 4.11. The zero-order valence-corrected chi connectivity index (χ0v) is 16.6. The van der Waals surface area contributed by atoms with Gasteiger partial charge in [0.2, 0.25) is 10.0 Å². The van der Waals surface area contributed by atoms with Crippen molar-refractivity contribution < 1.29 is 17.9 Å². The van der Waals surface area contributed by atoms with Gasteiger partial charge in [0.25, 0.3) is 0 Å². The predicted octanol–water partition coefficient (Wildman–Crippen LogP) is 2.26. The highest BCUT2D eigenvalue weighted by Crippen LogP contribution is 2.38. The second-order valence-electron chi connectivity index (χ2n) is 5.11. The Hall–Kier alpha value is -0.540. The van der Waals surface area contributed by atoms with Crippen molar-refractivity contribution in [3.8, 4) is 11.5 Å². The molecule has 23 heavy (non-hydrogen) atoms. The standard InChI is InChI=1S/C14H21BrN2O4S.ClH/c1-16-9-10-5-4-6-17(10)22(18,19)14-8-12(20-2)11(15)7-13(14)21-3;/h7-8,10,16H,4-6,9H2,1-3H3;1H. The summed E-state index contributed by atoms with van der Waals surface area (Å²) >= 11 is 3.35. The molecule has 1 heterocycles. The molecule has 1 aliphatic rings. The molecule has 1 aliphatic heterocycles. The number of methoxy groups -OCH3 is 2. The van der Waals surface area contributed by atoms with Gasteiger partial charge in [0.05, 0.1) is 18.7 Å². The van der Waals surface area contributed by atoms with Crippen LogP contribution in [-0.4, -0.2) is 53.1 Å². The molecule has 1 unspecified atom stereocenters.